The molecule has 0 aromatic heterocycles. The molecule has 0 bridgehead atoms. The highest BCUT2D eigenvalue weighted by Crippen LogP contribution is 2.29. The third kappa shape index (κ3) is 4.67. The molecule has 0 saturated carbocycles. The molecule has 0 spiro atoms. The highest BCUT2D eigenvalue weighted by Gasteiger charge is 2.08. The Labute approximate surface area is 147 Å². The lowest BCUT2D eigenvalue weighted by Crippen LogP contribution is -2.09. The van der Waals surface area contributed by atoms with Crippen molar-refractivity contribution in [1.29, 1.82) is 0 Å². The molecule has 1 N–H and O–H groups in total. The Bertz CT molecular complexity index is 770. The standard InChI is InChI=1S/C19H21NO5/c1-22-14-7-9-16(23-2)15(12-14)20-19(21)10-6-13-5-8-17(24-3)18(11-13)25-4/h5-12H,1-4H3,(H,20,21)/b10-6-. The quantitative estimate of drug-likeness (QED) is 0.781. The zero-order chi connectivity index (χ0) is 18.2. The summed E-state index contributed by atoms with van der Waals surface area (Å²) in [7, 11) is 6.23. The van der Waals surface area contributed by atoms with Crippen molar-refractivity contribution >= 4 is 17.7 Å². The van der Waals surface area contributed by atoms with Crippen molar-refractivity contribution in [2.75, 3.05) is 33.8 Å². The van der Waals surface area contributed by atoms with E-state index in [9.17, 15) is 4.79 Å². The van der Waals surface area contributed by atoms with E-state index >= 15 is 0 Å². The minimum absolute atomic E-state index is 0.290. The van der Waals surface area contributed by atoms with Gasteiger partial charge in [-0.1, -0.05) is 6.07 Å². The predicted molar refractivity (Wildman–Crippen MR) is 96.8 cm³/mol. The van der Waals surface area contributed by atoms with Crippen LogP contribution in [0.1, 0.15) is 5.56 Å². The van der Waals surface area contributed by atoms with Crippen molar-refractivity contribution in [3.05, 3.63) is 48.0 Å². The molecular formula is C19H21NO5. The molecule has 0 aliphatic carbocycles. The van der Waals surface area contributed by atoms with Crippen molar-refractivity contribution in [3.8, 4) is 23.0 Å². The van der Waals surface area contributed by atoms with Crippen molar-refractivity contribution in [3.63, 3.8) is 0 Å². The first kappa shape index (κ1) is 18.2. The lowest BCUT2D eigenvalue weighted by Gasteiger charge is -2.10. The van der Waals surface area contributed by atoms with Gasteiger partial charge in [0.05, 0.1) is 34.1 Å². The maximum absolute atomic E-state index is 12.2. The number of carbonyl (C=O) groups excluding carboxylic acids is 1. The number of nitrogens with one attached hydrogen (secondary N) is 1. The fourth-order valence-corrected chi connectivity index (χ4v) is 2.21. The number of methoxy groups -OCH3 is 4. The molecule has 0 unspecified atom stereocenters. The van der Waals surface area contributed by atoms with Crippen LogP contribution in [0.5, 0.6) is 23.0 Å². The molecule has 0 heterocycles. The van der Waals surface area contributed by atoms with Gasteiger partial charge in [0.1, 0.15) is 11.5 Å². The van der Waals surface area contributed by atoms with Crippen LogP contribution in [-0.2, 0) is 4.79 Å². The number of anilines is 1. The van der Waals surface area contributed by atoms with E-state index in [1.165, 1.54) is 13.2 Å². The summed E-state index contributed by atoms with van der Waals surface area (Å²) < 4.78 is 20.8. The molecule has 2 aromatic rings. The molecule has 0 saturated heterocycles. The summed E-state index contributed by atoms with van der Waals surface area (Å²) in [6, 6.07) is 10.6. The number of hydrogen-bond acceptors (Lipinski definition) is 5. The zero-order valence-electron chi connectivity index (χ0n) is 14.7. The van der Waals surface area contributed by atoms with Gasteiger partial charge in [-0.15, -0.1) is 0 Å². The summed E-state index contributed by atoms with van der Waals surface area (Å²) in [5.41, 5.74) is 1.34. The van der Waals surface area contributed by atoms with Gasteiger partial charge in [-0.3, -0.25) is 4.79 Å². The second-order valence-corrected chi connectivity index (χ2v) is 5.00. The first-order valence-corrected chi connectivity index (χ1v) is 7.54. The topological polar surface area (TPSA) is 66.0 Å². The molecule has 6 heteroatoms. The van der Waals surface area contributed by atoms with Crippen LogP contribution in [0.3, 0.4) is 0 Å². The molecule has 0 atom stereocenters. The lowest BCUT2D eigenvalue weighted by atomic mass is 10.2. The van der Waals surface area contributed by atoms with Crippen LogP contribution in [0.25, 0.3) is 6.08 Å². The summed E-state index contributed by atoms with van der Waals surface area (Å²) in [5, 5.41) is 2.77. The fourth-order valence-electron chi connectivity index (χ4n) is 2.21. The normalized spacial score (nSPS) is 10.4. The van der Waals surface area contributed by atoms with Crippen LogP contribution < -0.4 is 24.3 Å². The first-order chi connectivity index (χ1) is 12.1. The molecule has 25 heavy (non-hydrogen) atoms. The van der Waals surface area contributed by atoms with Gasteiger partial charge in [0.25, 0.3) is 0 Å². The van der Waals surface area contributed by atoms with E-state index in [1.807, 2.05) is 6.07 Å². The van der Waals surface area contributed by atoms with Gasteiger partial charge in [-0.05, 0) is 35.9 Å². The summed E-state index contributed by atoms with van der Waals surface area (Å²) >= 11 is 0. The van der Waals surface area contributed by atoms with Crippen LogP contribution in [0.15, 0.2) is 42.5 Å². The highest BCUT2D eigenvalue weighted by molar-refractivity contribution is 6.02. The van der Waals surface area contributed by atoms with Crippen LogP contribution >= 0.6 is 0 Å². The largest absolute Gasteiger partial charge is 0.497 e. The predicted octanol–water partition coefficient (Wildman–Crippen LogP) is 3.37. The second-order valence-electron chi connectivity index (χ2n) is 5.00. The van der Waals surface area contributed by atoms with Gasteiger partial charge in [0, 0.05) is 12.1 Å². The Kier molecular flexibility index (Phi) is 6.28. The van der Waals surface area contributed by atoms with Gasteiger partial charge in [0.2, 0.25) is 5.91 Å². The van der Waals surface area contributed by atoms with Crippen molar-refractivity contribution in [2.45, 2.75) is 0 Å². The Hall–Kier alpha value is -3.15. The van der Waals surface area contributed by atoms with Gasteiger partial charge < -0.3 is 24.3 Å². The van der Waals surface area contributed by atoms with E-state index in [0.717, 1.165) is 5.56 Å². The molecular weight excluding hydrogens is 322 g/mol. The average Bonchev–Trinajstić information content (AvgIpc) is 2.65. The van der Waals surface area contributed by atoms with E-state index in [0.29, 0.717) is 28.7 Å². The Morgan fingerprint density at radius 1 is 0.840 bits per heavy atom. The number of hydrogen-bond donors (Lipinski definition) is 1. The van der Waals surface area contributed by atoms with Crippen LogP contribution in [0.4, 0.5) is 5.69 Å². The summed E-state index contributed by atoms with van der Waals surface area (Å²) in [6.07, 6.45) is 3.12. The Morgan fingerprint density at radius 2 is 1.52 bits per heavy atom. The summed E-state index contributed by atoms with van der Waals surface area (Å²) in [5.74, 6) is 2.11. The molecule has 6 nitrogen and oxygen atoms in total. The van der Waals surface area contributed by atoms with E-state index in [4.69, 9.17) is 18.9 Å². The van der Waals surface area contributed by atoms with Gasteiger partial charge >= 0.3 is 0 Å². The average molecular weight is 343 g/mol. The smallest absolute Gasteiger partial charge is 0.248 e. The van der Waals surface area contributed by atoms with Crippen molar-refractivity contribution < 1.29 is 23.7 Å². The number of ether oxygens (including phenoxy) is 4. The molecule has 0 fully saturated rings. The van der Waals surface area contributed by atoms with E-state index in [-0.39, 0.29) is 5.91 Å². The second kappa shape index (κ2) is 8.63. The van der Waals surface area contributed by atoms with Crippen molar-refractivity contribution in [2.24, 2.45) is 0 Å². The molecule has 132 valence electrons. The molecule has 0 aliphatic heterocycles. The van der Waals surface area contributed by atoms with Crippen molar-refractivity contribution in [1.82, 2.24) is 0 Å². The summed E-state index contributed by atoms with van der Waals surface area (Å²) in [4.78, 5) is 12.2. The lowest BCUT2D eigenvalue weighted by molar-refractivity contribution is -0.111. The van der Waals surface area contributed by atoms with E-state index < -0.39 is 0 Å². The molecule has 2 rings (SSSR count). The van der Waals surface area contributed by atoms with Gasteiger partial charge in [-0.2, -0.15) is 0 Å². The Balaban J connectivity index is 2.13. The highest BCUT2D eigenvalue weighted by atomic mass is 16.5. The van der Waals surface area contributed by atoms with E-state index in [1.54, 1.807) is 57.7 Å². The minimum atomic E-state index is -0.290. The van der Waals surface area contributed by atoms with Gasteiger partial charge in [0.15, 0.2) is 11.5 Å². The van der Waals surface area contributed by atoms with Crippen LogP contribution in [0.2, 0.25) is 0 Å². The SMILES string of the molecule is COc1ccc(OC)c(NC(=O)/C=C\c2ccc(OC)c(OC)c2)c1. The number of benzene rings is 2. The third-order valence-electron chi connectivity index (χ3n) is 3.50. The number of carbonyl (C=O) groups is 1. The van der Waals surface area contributed by atoms with Gasteiger partial charge in [-0.25, -0.2) is 0 Å². The molecule has 0 aliphatic rings. The number of amides is 1. The van der Waals surface area contributed by atoms with Crippen LogP contribution in [-0.4, -0.2) is 34.3 Å². The maximum Gasteiger partial charge on any atom is 0.248 e. The zero-order valence-corrected chi connectivity index (χ0v) is 14.7. The molecule has 2 aromatic carbocycles. The van der Waals surface area contributed by atoms with Crippen LogP contribution in [0, 0.1) is 0 Å². The monoisotopic (exact) mass is 343 g/mol. The third-order valence-corrected chi connectivity index (χ3v) is 3.50. The summed E-state index contributed by atoms with van der Waals surface area (Å²) in [6.45, 7) is 0. The molecule has 1 amide bonds. The van der Waals surface area contributed by atoms with E-state index in [2.05, 4.69) is 5.32 Å². The minimum Gasteiger partial charge on any atom is -0.497 e. The first-order valence-electron chi connectivity index (χ1n) is 7.54. The maximum atomic E-state index is 12.2. The fraction of sp³-hybridized carbons (Fsp3) is 0.211. The number of rotatable bonds is 7. The Morgan fingerprint density at radius 3 is 2.16 bits per heavy atom. The molecule has 0 radical (unpaired) electrons.